The van der Waals surface area contributed by atoms with Crippen LogP contribution < -0.4 is 10.5 Å². The van der Waals surface area contributed by atoms with E-state index in [-0.39, 0.29) is 11.6 Å². The largest absolute Gasteiger partial charge is 0.482 e. The fourth-order valence-electron chi connectivity index (χ4n) is 4.12. The van der Waals surface area contributed by atoms with Gasteiger partial charge in [-0.2, -0.15) is 5.10 Å². The molecular formula is C23H22FN5O2. The summed E-state index contributed by atoms with van der Waals surface area (Å²) in [6, 6.07) is 6.44. The van der Waals surface area contributed by atoms with Crippen molar-refractivity contribution in [2.75, 3.05) is 5.73 Å². The second-order valence-electron chi connectivity index (χ2n) is 7.62. The highest BCUT2D eigenvalue weighted by molar-refractivity contribution is 5.70. The van der Waals surface area contributed by atoms with E-state index in [0.29, 0.717) is 35.9 Å². The number of rotatable bonds is 1. The fourth-order valence-corrected chi connectivity index (χ4v) is 4.12. The fraction of sp³-hybridized carbons (Fsp3) is 0.261. The van der Waals surface area contributed by atoms with Crippen LogP contribution in [-0.2, 0) is 13.0 Å². The lowest BCUT2D eigenvalue weighted by atomic mass is 9.97. The van der Waals surface area contributed by atoms with Crippen LogP contribution in [0.25, 0.3) is 22.6 Å². The van der Waals surface area contributed by atoms with Crippen molar-refractivity contribution in [3.05, 3.63) is 65.2 Å². The Morgan fingerprint density at radius 1 is 1.26 bits per heavy atom. The van der Waals surface area contributed by atoms with Crippen LogP contribution in [0.2, 0.25) is 0 Å². The molecule has 1 aliphatic rings. The van der Waals surface area contributed by atoms with E-state index < -0.39 is 6.10 Å². The summed E-state index contributed by atoms with van der Waals surface area (Å²) in [7, 11) is 0. The molecule has 0 spiro atoms. The van der Waals surface area contributed by atoms with E-state index in [1.165, 1.54) is 12.1 Å². The zero-order valence-corrected chi connectivity index (χ0v) is 17.5. The van der Waals surface area contributed by atoms with Gasteiger partial charge >= 0.3 is 0 Å². The lowest BCUT2D eigenvalue weighted by Gasteiger charge is -2.20. The van der Waals surface area contributed by atoms with Crippen LogP contribution in [0.15, 0.2) is 41.1 Å². The number of aromatic nitrogens is 4. The second kappa shape index (κ2) is 7.23. The third kappa shape index (κ3) is 3.24. The van der Waals surface area contributed by atoms with Gasteiger partial charge in [0.1, 0.15) is 11.9 Å². The first-order chi connectivity index (χ1) is 14.9. The summed E-state index contributed by atoms with van der Waals surface area (Å²) >= 11 is 0. The number of aryl methyl sites for hydroxylation is 2. The molecule has 0 aliphatic carbocycles. The molecule has 31 heavy (non-hydrogen) atoms. The number of pyridine rings is 1. The van der Waals surface area contributed by atoms with Gasteiger partial charge in [0, 0.05) is 48.3 Å². The monoisotopic (exact) mass is 419 g/mol. The number of ether oxygens (including phenoxy) is 1. The van der Waals surface area contributed by atoms with Crippen molar-refractivity contribution < 1.29 is 13.5 Å². The van der Waals surface area contributed by atoms with Crippen LogP contribution in [0.4, 0.5) is 10.2 Å². The number of benzene rings is 1. The molecule has 0 radical (unpaired) electrons. The molecule has 1 aromatic carbocycles. The van der Waals surface area contributed by atoms with Gasteiger partial charge in [0.05, 0.1) is 17.6 Å². The predicted octanol–water partition coefficient (Wildman–Crippen LogP) is 4.69. The summed E-state index contributed by atoms with van der Waals surface area (Å²) in [5.41, 5.74) is 11.0. The number of halogens is 1. The van der Waals surface area contributed by atoms with Crippen LogP contribution in [-0.4, -0.2) is 19.7 Å². The van der Waals surface area contributed by atoms with Gasteiger partial charge in [0.15, 0.2) is 23.2 Å². The number of oxazole rings is 1. The average molecular weight is 419 g/mol. The van der Waals surface area contributed by atoms with Gasteiger partial charge in [-0.3, -0.25) is 4.68 Å². The molecule has 7 nitrogen and oxygen atoms in total. The summed E-state index contributed by atoms with van der Waals surface area (Å²) in [4.78, 5) is 8.97. The Balaban J connectivity index is 1.81. The van der Waals surface area contributed by atoms with Gasteiger partial charge < -0.3 is 14.9 Å². The first-order valence-electron chi connectivity index (χ1n) is 10.2. The molecule has 5 rings (SSSR count). The molecule has 158 valence electrons. The minimum atomic E-state index is -0.502. The Bertz CT molecular complexity index is 1290. The first kappa shape index (κ1) is 19.3. The maximum Gasteiger partial charge on any atom is 0.192 e. The highest BCUT2D eigenvalue weighted by atomic mass is 19.1. The standard InChI is InChI=1S/C23H22FN5O2/c1-4-29-21-14(11-27-29)7-19-22(31-13(3)28-19)17-6-5-16(24)9-18(17)12(2)30-20-8-15(21)10-26-23(20)25/h5-6,8-12H,4,7H2,1-3H3,(H2,25,26)/t12-/m1/s1. The Labute approximate surface area is 178 Å². The smallest absolute Gasteiger partial charge is 0.192 e. The van der Waals surface area contributed by atoms with E-state index in [2.05, 4.69) is 15.1 Å². The van der Waals surface area contributed by atoms with Crippen LogP contribution in [0, 0.1) is 12.7 Å². The summed E-state index contributed by atoms with van der Waals surface area (Å²) in [5, 5.41) is 4.54. The van der Waals surface area contributed by atoms with Gasteiger partial charge in [-0.05, 0) is 38.1 Å². The van der Waals surface area contributed by atoms with Crippen LogP contribution in [0.1, 0.15) is 42.7 Å². The zero-order valence-electron chi connectivity index (χ0n) is 17.5. The van der Waals surface area contributed by atoms with Crippen LogP contribution in [0.3, 0.4) is 0 Å². The Kier molecular flexibility index (Phi) is 4.50. The molecule has 0 amide bonds. The van der Waals surface area contributed by atoms with Crippen molar-refractivity contribution in [2.45, 2.75) is 39.8 Å². The van der Waals surface area contributed by atoms with E-state index in [1.54, 1.807) is 19.2 Å². The van der Waals surface area contributed by atoms with Crippen LogP contribution in [0.5, 0.6) is 5.75 Å². The Morgan fingerprint density at radius 3 is 2.90 bits per heavy atom. The van der Waals surface area contributed by atoms with Gasteiger partial charge in [-0.15, -0.1) is 0 Å². The van der Waals surface area contributed by atoms with Gasteiger partial charge in [-0.1, -0.05) is 0 Å². The van der Waals surface area contributed by atoms with Crippen molar-refractivity contribution in [3.8, 4) is 28.3 Å². The summed E-state index contributed by atoms with van der Waals surface area (Å²) in [6.07, 6.45) is 3.56. The molecule has 3 aromatic heterocycles. The second-order valence-corrected chi connectivity index (χ2v) is 7.62. The van der Waals surface area contributed by atoms with E-state index in [1.807, 2.05) is 30.8 Å². The molecule has 2 bridgehead atoms. The minimum Gasteiger partial charge on any atom is -0.482 e. The average Bonchev–Trinajstić information content (AvgIpc) is 3.32. The number of hydrogen-bond donors (Lipinski definition) is 1. The predicted molar refractivity (Wildman–Crippen MR) is 114 cm³/mol. The molecule has 4 heterocycles. The van der Waals surface area contributed by atoms with Crippen molar-refractivity contribution in [2.24, 2.45) is 0 Å². The number of hydrogen-bond acceptors (Lipinski definition) is 6. The minimum absolute atomic E-state index is 0.269. The lowest BCUT2D eigenvalue weighted by molar-refractivity contribution is 0.227. The van der Waals surface area contributed by atoms with Crippen LogP contribution >= 0.6 is 0 Å². The number of nitrogens with two attached hydrogens (primary N) is 1. The molecule has 0 saturated heterocycles. The molecule has 0 fully saturated rings. The molecular weight excluding hydrogens is 397 g/mol. The zero-order chi connectivity index (χ0) is 21.7. The number of nitrogens with zero attached hydrogens (tertiary/aromatic N) is 4. The Hall–Kier alpha value is -3.68. The number of anilines is 1. The molecule has 1 aliphatic heterocycles. The molecule has 1 atom stereocenters. The number of nitrogen functional groups attached to an aromatic ring is 1. The quantitative estimate of drug-likeness (QED) is 0.481. The van der Waals surface area contributed by atoms with E-state index in [9.17, 15) is 4.39 Å². The third-order valence-corrected chi connectivity index (χ3v) is 5.53. The molecule has 0 unspecified atom stereocenters. The van der Waals surface area contributed by atoms with Gasteiger partial charge in [-0.25, -0.2) is 14.4 Å². The van der Waals surface area contributed by atoms with Crippen molar-refractivity contribution >= 4 is 5.82 Å². The first-order valence-corrected chi connectivity index (χ1v) is 10.2. The molecule has 4 aromatic rings. The van der Waals surface area contributed by atoms with Crippen molar-refractivity contribution in [1.29, 1.82) is 0 Å². The van der Waals surface area contributed by atoms with Crippen molar-refractivity contribution in [1.82, 2.24) is 19.7 Å². The summed E-state index contributed by atoms with van der Waals surface area (Å²) in [6.45, 7) is 6.38. The van der Waals surface area contributed by atoms with E-state index >= 15 is 0 Å². The maximum absolute atomic E-state index is 14.2. The third-order valence-electron chi connectivity index (χ3n) is 5.53. The summed E-state index contributed by atoms with van der Waals surface area (Å²) < 4.78 is 28.3. The lowest BCUT2D eigenvalue weighted by Crippen LogP contribution is -2.09. The molecule has 0 saturated carbocycles. The summed E-state index contributed by atoms with van der Waals surface area (Å²) in [5.74, 6) is 1.49. The Morgan fingerprint density at radius 2 is 2.10 bits per heavy atom. The highest BCUT2D eigenvalue weighted by Crippen LogP contribution is 2.39. The SMILES string of the molecule is CCn1ncc2c1-c1cnc(N)c(c1)O[C@H](C)c1cc(F)ccc1-c1oc(C)nc1C2. The molecule has 2 N–H and O–H groups in total. The van der Waals surface area contributed by atoms with Crippen molar-refractivity contribution in [3.63, 3.8) is 0 Å². The molecule has 8 heteroatoms. The van der Waals surface area contributed by atoms with E-state index in [0.717, 1.165) is 28.1 Å². The topological polar surface area (TPSA) is 92.0 Å². The normalized spacial score (nSPS) is 15.2. The maximum atomic E-state index is 14.2. The van der Waals surface area contributed by atoms with Gasteiger partial charge in [0.25, 0.3) is 0 Å². The number of fused-ring (bicyclic) bond motifs is 7. The van der Waals surface area contributed by atoms with Gasteiger partial charge in [0.2, 0.25) is 0 Å². The van der Waals surface area contributed by atoms with E-state index in [4.69, 9.17) is 14.9 Å². The highest BCUT2D eigenvalue weighted by Gasteiger charge is 2.25.